The first kappa shape index (κ1) is 13.0. The summed E-state index contributed by atoms with van der Waals surface area (Å²) < 4.78 is 1.79. The van der Waals surface area contributed by atoms with E-state index in [2.05, 4.69) is 12.2 Å². The van der Waals surface area contributed by atoms with Crippen LogP contribution in [0.2, 0.25) is 0 Å². The van der Waals surface area contributed by atoms with E-state index in [-0.39, 0.29) is 5.56 Å². The Balaban J connectivity index is 2.35. The van der Waals surface area contributed by atoms with Gasteiger partial charge in [0.25, 0.3) is 5.56 Å². The summed E-state index contributed by atoms with van der Waals surface area (Å²) in [6, 6.07) is 4.24. The zero-order valence-electron chi connectivity index (χ0n) is 10.5. The van der Waals surface area contributed by atoms with Gasteiger partial charge in [0.05, 0.1) is 0 Å². The molecular weight excluding hydrogens is 200 g/mol. The number of unbranched alkanes of at least 4 members (excludes halogenated alkanes) is 1. The number of nitrogens with one attached hydrogen (secondary N) is 1. The molecule has 1 aromatic heterocycles. The average molecular weight is 222 g/mol. The van der Waals surface area contributed by atoms with Crippen molar-refractivity contribution in [3.63, 3.8) is 0 Å². The van der Waals surface area contributed by atoms with Crippen molar-refractivity contribution in [2.24, 2.45) is 0 Å². The minimum absolute atomic E-state index is 0.113. The SMILES string of the molecule is CNC(C)CCCCn1ccc(C)cc1=O. The van der Waals surface area contributed by atoms with Gasteiger partial charge in [-0.2, -0.15) is 0 Å². The van der Waals surface area contributed by atoms with Crippen LogP contribution in [0.1, 0.15) is 31.7 Å². The molecule has 1 atom stereocenters. The van der Waals surface area contributed by atoms with Crippen LogP contribution in [-0.4, -0.2) is 17.7 Å². The number of nitrogens with zero attached hydrogens (tertiary/aromatic N) is 1. The summed E-state index contributed by atoms with van der Waals surface area (Å²) in [6.07, 6.45) is 5.27. The molecule has 1 aromatic rings. The third kappa shape index (κ3) is 4.19. The number of hydrogen-bond acceptors (Lipinski definition) is 2. The van der Waals surface area contributed by atoms with Gasteiger partial charge in [-0.1, -0.05) is 6.42 Å². The third-order valence-corrected chi connectivity index (χ3v) is 2.93. The maximum absolute atomic E-state index is 11.6. The fourth-order valence-corrected chi connectivity index (χ4v) is 1.67. The van der Waals surface area contributed by atoms with Gasteiger partial charge in [-0.25, -0.2) is 0 Å². The van der Waals surface area contributed by atoms with Gasteiger partial charge in [0.2, 0.25) is 0 Å². The van der Waals surface area contributed by atoms with Crippen LogP contribution in [0.3, 0.4) is 0 Å². The van der Waals surface area contributed by atoms with E-state index in [9.17, 15) is 4.79 Å². The van der Waals surface area contributed by atoms with Gasteiger partial charge in [-0.3, -0.25) is 4.79 Å². The number of pyridine rings is 1. The van der Waals surface area contributed by atoms with Crippen LogP contribution in [0.15, 0.2) is 23.1 Å². The molecule has 0 bridgehead atoms. The molecule has 0 fully saturated rings. The molecule has 3 heteroatoms. The van der Waals surface area contributed by atoms with Crippen LogP contribution in [0.5, 0.6) is 0 Å². The lowest BCUT2D eigenvalue weighted by Gasteiger charge is -2.10. The van der Waals surface area contributed by atoms with E-state index < -0.39 is 0 Å². The molecule has 1 rings (SSSR count). The molecule has 90 valence electrons. The van der Waals surface area contributed by atoms with E-state index in [1.165, 1.54) is 0 Å². The molecule has 1 N–H and O–H groups in total. The predicted octanol–water partition coefficient (Wildman–Crippen LogP) is 1.93. The van der Waals surface area contributed by atoms with Crippen molar-refractivity contribution in [2.75, 3.05) is 7.05 Å². The zero-order chi connectivity index (χ0) is 12.0. The fraction of sp³-hybridized carbons (Fsp3) is 0.615. The largest absolute Gasteiger partial charge is 0.317 e. The second-order valence-corrected chi connectivity index (χ2v) is 4.42. The lowest BCUT2D eigenvalue weighted by Crippen LogP contribution is -2.22. The first-order chi connectivity index (χ1) is 7.63. The minimum Gasteiger partial charge on any atom is -0.317 e. The van der Waals surface area contributed by atoms with Gasteiger partial charge in [0, 0.05) is 24.8 Å². The molecule has 0 radical (unpaired) electrons. The number of aryl methyl sites for hydroxylation is 2. The molecule has 3 nitrogen and oxygen atoms in total. The Kier molecular flexibility index (Phi) is 5.26. The highest BCUT2D eigenvalue weighted by molar-refractivity contribution is 5.07. The van der Waals surface area contributed by atoms with Crippen molar-refractivity contribution in [1.29, 1.82) is 0 Å². The molecule has 16 heavy (non-hydrogen) atoms. The Morgan fingerprint density at radius 3 is 2.81 bits per heavy atom. The Morgan fingerprint density at radius 1 is 1.44 bits per heavy atom. The summed E-state index contributed by atoms with van der Waals surface area (Å²) in [4.78, 5) is 11.6. The number of hydrogen-bond donors (Lipinski definition) is 1. The van der Waals surface area contributed by atoms with E-state index >= 15 is 0 Å². The molecular formula is C13H22N2O. The molecule has 0 aliphatic heterocycles. The molecule has 0 aliphatic rings. The van der Waals surface area contributed by atoms with Crippen LogP contribution in [0, 0.1) is 6.92 Å². The van der Waals surface area contributed by atoms with Gasteiger partial charge in [0.15, 0.2) is 0 Å². The van der Waals surface area contributed by atoms with Gasteiger partial charge in [0.1, 0.15) is 0 Å². The average Bonchev–Trinajstić information content (AvgIpc) is 2.26. The second kappa shape index (κ2) is 6.48. The Hall–Kier alpha value is -1.09. The van der Waals surface area contributed by atoms with E-state index in [0.29, 0.717) is 6.04 Å². The highest BCUT2D eigenvalue weighted by atomic mass is 16.1. The van der Waals surface area contributed by atoms with Crippen molar-refractivity contribution < 1.29 is 0 Å². The number of rotatable bonds is 6. The molecule has 0 aromatic carbocycles. The predicted molar refractivity (Wildman–Crippen MR) is 67.8 cm³/mol. The lowest BCUT2D eigenvalue weighted by molar-refractivity contribution is 0.501. The summed E-state index contributed by atoms with van der Waals surface area (Å²) in [6.45, 7) is 4.95. The minimum atomic E-state index is 0.113. The summed E-state index contributed by atoms with van der Waals surface area (Å²) >= 11 is 0. The highest BCUT2D eigenvalue weighted by Gasteiger charge is 1.99. The highest BCUT2D eigenvalue weighted by Crippen LogP contribution is 2.01. The van der Waals surface area contributed by atoms with Gasteiger partial charge >= 0.3 is 0 Å². The molecule has 0 aliphatic carbocycles. The lowest BCUT2D eigenvalue weighted by atomic mass is 10.1. The summed E-state index contributed by atoms with van der Waals surface area (Å²) in [5, 5.41) is 3.21. The number of aromatic nitrogens is 1. The maximum Gasteiger partial charge on any atom is 0.250 e. The standard InChI is InChI=1S/C13H22N2O/c1-11-7-9-15(13(16)10-11)8-5-4-6-12(2)14-3/h7,9-10,12,14H,4-6,8H2,1-3H3. The van der Waals surface area contributed by atoms with Crippen LogP contribution in [0.4, 0.5) is 0 Å². The summed E-state index contributed by atoms with van der Waals surface area (Å²) in [7, 11) is 1.98. The monoisotopic (exact) mass is 222 g/mol. The van der Waals surface area contributed by atoms with E-state index in [4.69, 9.17) is 0 Å². The fourth-order valence-electron chi connectivity index (χ4n) is 1.67. The third-order valence-electron chi connectivity index (χ3n) is 2.93. The van der Waals surface area contributed by atoms with Crippen LogP contribution >= 0.6 is 0 Å². The normalized spacial score (nSPS) is 12.7. The topological polar surface area (TPSA) is 34.0 Å². The van der Waals surface area contributed by atoms with Crippen molar-refractivity contribution in [2.45, 2.75) is 45.7 Å². The van der Waals surface area contributed by atoms with E-state index in [0.717, 1.165) is 31.4 Å². The van der Waals surface area contributed by atoms with Crippen LogP contribution in [0.25, 0.3) is 0 Å². The molecule has 1 unspecified atom stereocenters. The van der Waals surface area contributed by atoms with Crippen molar-refractivity contribution >= 4 is 0 Å². The second-order valence-electron chi connectivity index (χ2n) is 4.42. The quantitative estimate of drug-likeness (QED) is 0.746. The molecule has 0 amide bonds. The Bertz CT molecular complexity index is 370. The van der Waals surface area contributed by atoms with Gasteiger partial charge in [-0.05, 0) is 45.4 Å². The molecule has 1 heterocycles. The molecule has 0 saturated carbocycles. The van der Waals surface area contributed by atoms with Crippen LogP contribution < -0.4 is 10.9 Å². The van der Waals surface area contributed by atoms with Crippen molar-refractivity contribution in [3.05, 3.63) is 34.2 Å². The summed E-state index contributed by atoms with van der Waals surface area (Å²) in [5.74, 6) is 0. The van der Waals surface area contributed by atoms with Crippen molar-refractivity contribution in [3.8, 4) is 0 Å². The maximum atomic E-state index is 11.6. The first-order valence-electron chi connectivity index (χ1n) is 5.98. The van der Waals surface area contributed by atoms with E-state index in [1.807, 2.05) is 26.2 Å². The van der Waals surface area contributed by atoms with Crippen LogP contribution in [-0.2, 0) is 6.54 Å². The smallest absolute Gasteiger partial charge is 0.250 e. The van der Waals surface area contributed by atoms with Gasteiger partial charge < -0.3 is 9.88 Å². The zero-order valence-corrected chi connectivity index (χ0v) is 10.5. The van der Waals surface area contributed by atoms with Crippen molar-refractivity contribution in [1.82, 2.24) is 9.88 Å². The Morgan fingerprint density at radius 2 is 2.19 bits per heavy atom. The molecule has 0 spiro atoms. The van der Waals surface area contributed by atoms with Gasteiger partial charge in [-0.15, -0.1) is 0 Å². The summed E-state index contributed by atoms with van der Waals surface area (Å²) in [5.41, 5.74) is 1.15. The first-order valence-corrected chi connectivity index (χ1v) is 5.98. The van der Waals surface area contributed by atoms with E-state index in [1.54, 1.807) is 10.6 Å². The Labute approximate surface area is 97.5 Å². The molecule has 0 saturated heterocycles.